The summed E-state index contributed by atoms with van der Waals surface area (Å²) in [6.45, 7) is 2.74. The van der Waals surface area contributed by atoms with Crippen molar-refractivity contribution in [1.29, 1.82) is 0 Å². The van der Waals surface area contributed by atoms with Gasteiger partial charge in [0, 0.05) is 32.1 Å². The fraction of sp³-hybridized carbons (Fsp3) is 0.316. The van der Waals surface area contributed by atoms with Gasteiger partial charge >= 0.3 is 0 Å². The van der Waals surface area contributed by atoms with Crippen LogP contribution < -0.4 is 5.56 Å². The van der Waals surface area contributed by atoms with Gasteiger partial charge in [-0.1, -0.05) is 35.5 Å². The van der Waals surface area contributed by atoms with Crippen molar-refractivity contribution in [3.8, 4) is 0 Å². The van der Waals surface area contributed by atoms with Crippen LogP contribution in [0.25, 0.3) is 0 Å². The summed E-state index contributed by atoms with van der Waals surface area (Å²) in [7, 11) is 1.53. The summed E-state index contributed by atoms with van der Waals surface area (Å²) in [5, 5.41) is 7.98. The average Bonchev–Trinajstić information content (AvgIpc) is 3.30. The van der Waals surface area contributed by atoms with E-state index in [0.29, 0.717) is 24.8 Å². The van der Waals surface area contributed by atoms with E-state index < -0.39 is 0 Å². The summed E-state index contributed by atoms with van der Waals surface area (Å²) >= 11 is 0. The number of hydrogen-bond acceptors (Lipinski definition) is 6. The van der Waals surface area contributed by atoms with E-state index >= 15 is 0 Å². The van der Waals surface area contributed by atoms with Gasteiger partial charge in [0.2, 0.25) is 5.89 Å². The lowest BCUT2D eigenvalue weighted by atomic mass is 9.89. The molecule has 3 aromatic rings. The van der Waals surface area contributed by atoms with Gasteiger partial charge in [-0.2, -0.15) is 10.1 Å². The number of carbonyl (C=O) groups excluding carboxylic acids is 1. The molecule has 0 radical (unpaired) electrons. The van der Waals surface area contributed by atoms with Crippen molar-refractivity contribution in [1.82, 2.24) is 24.8 Å². The second-order valence-electron chi connectivity index (χ2n) is 6.69. The van der Waals surface area contributed by atoms with E-state index in [2.05, 4.69) is 15.2 Å². The lowest BCUT2D eigenvalue weighted by Gasteiger charge is -2.16. The molecule has 1 aliphatic rings. The van der Waals surface area contributed by atoms with Crippen LogP contribution in [-0.2, 0) is 7.05 Å². The molecule has 8 heteroatoms. The molecule has 8 nitrogen and oxygen atoms in total. The second kappa shape index (κ2) is 6.79. The molecule has 1 aliphatic heterocycles. The Kier molecular flexibility index (Phi) is 4.31. The van der Waals surface area contributed by atoms with Crippen LogP contribution in [0.5, 0.6) is 0 Å². The van der Waals surface area contributed by atoms with Crippen molar-refractivity contribution in [2.24, 2.45) is 7.05 Å². The largest absolute Gasteiger partial charge is 0.339 e. The summed E-state index contributed by atoms with van der Waals surface area (Å²) in [6, 6.07) is 12.8. The molecule has 0 N–H and O–H groups in total. The Morgan fingerprint density at radius 3 is 2.52 bits per heavy atom. The zero-order valence-electron chi connectivity index (χ0n) is 15.1. The highest BCUT2D eigenvalue weighted by Crippen LogP contribution is 2.39. The number of aromatic nitrogens is 4. The Morgan fingerprint density at radius 2 is 1.85 bits per heavy atom. The van der Waals surface area contributed by atoms with Crippen LogP contribution in [0.4, 0.5) is 0 Å². The Balaban J connectivity index is 1.66. The summed E-state index contributed by atoms with van der Waals surface area (Å²) in [5.74, 6) is 0.837. The summed E-state index contributed by atoms with van der Waals surface area (Å²) < 4.78 is 6.57. The topological polar surface area (TPSA) is 94.1 Å². The highest BCUT2D eigenvalue weighted by Gasteiger charge is 2.40. The number of carbonyl (C=O) groups is 1. The van der Waals surface area contributed by atoms with Gasteiger partial charge in [-0.25, -0.2) is 4.68 Å². The molecule has 138 valence electrons. The molecule has 3 heterocycles. The zero-order chi connectivity index (χ0) is 19.0. The van der Waals surface area contributed by atoms with E-state index in [0.717, 1.165) is 10.2 Å². The first-order valence-corrected chi connectivity index (χ1v) is 8.71. The maximum absolute atomic E-state index is 13.0. The van der Waals surface area contributed by atoms with Crippen LogP contribution in [0.1, 0.15) is 39.6 Å². The molecule has 27 heavy (non-hydrogen) atoms. The number of benzene rings is 1. The number of nitrogens with zero attached hydrogens (tertiary/aromatic N) is 5. The van der Waals surface area contributed by atoms with E-state index in [-0.39, 0.29) is 29.0 Å². The van der Waals surface area contributed by atoms with Crippen molar-refractivity contribution in [2.45, 2.75) is 18.8 Å². The van der Waals surface area contributed by atoms with E-state index in [1.54, 1.807) is 11.8 Å². The number of rotatable bonds is 3. The minimum atomic E-state index is -0.255. The van der Waals surface area contributed by atoms with Gasteiger partial charge < -0.3 is 9.42 Å². The number of likely N-dealkylation sites (tertiary alicyclic amines) is 1. The van der Waals surface area contributed by atoms with Crippen molar-refractivity contribution in [2.75, 3.05) is 13.1 Å². The maximum Gasteiger partial charge on any atom is 0.274 e. The molecule has 2 atom stereocenters. The predicted molar refractivity (Wildman–Crippen MR) is 96.3 cm³/mol. The minimum Gasteiger partial charge on any atom is -0.339 e. The average molecular weight is 365 g/mol. The van der Waals surface area contributed by atoms with Gasteiger partial charge in [0.05, 0.1) is 5.92 Å². The summed E-state index contributed by atoms with van der Waals surface area (Å²) in [6.07, 6.45) is 0. The van der Waals surface area contributed by atoms with Crippen molar-refractivity contribution >= 4 is 5.91 Å². The molecule has 0 unspecified atom stereocenters. The van der Waals surface area contributed by atoms with Crippen LogP contribution in [0, 0.1) is 6.92 Å². The lowest BCUT2D eigenvalue weighted by molar-refractivity contribution is 0.0779. The molecule has 2 aromatic heterocycles. The number of amides is 1. The van der Waals surface area contributed by atoms with Crippen molar-refractivity contribution < 1.29 is 9.32 Å². The lowest BCUT2D eigenvalue weighted by Crippen LogP contribution is -2.32. The highest BCUT2D eigenvalue weighted by molar-refractivity contribution is 5.92. The van der Waals surface area contributed by atoms with E-state index in [9.17, 15) is 9.59 Å². The van der Waals surface area contributed by atoms with Gasteiger partial charge in [0.15, 0.2) is 5.82 Å². The van der Waals surface area contributed by atoms with Gasteiger partial charge in [-0.05, 0) is 18.6 Å². The van der Waals surface area contributed by atoms with E-state index in [1.165, 1.54) is 19.2 Å². The predicted octanol–water partition coefficient (Wildman–Crippen LogP) is 1.50. The van der Waals surface area contributed by atoms with E-state index in [1.807, 2.05) is 30.3 Å². The number of aryl methyl sites for hydroxylation is 2. The molecular weight excluding hydrogens is 346 g/mol. The molecule has 1 aromatic carbocycles. The molecule has 4 rings (SSSR count). The first-order valence-electron chi connectivity index (χ1n) is 8.71. The van der Waals surface area contributed by atoms with Crippen LogP contribution >= 0.6 is 0 Å². The molecule has 0 spiro atoms. The highest BCUT2D eigenvalue weighted by atomic mass is 16.5. The Bertz CT molecular complexity index is 1030. The van der Waals surface area contributed by atoms with Gasteiger partial charge in [-0.3, -0.25) is 9.59 Å². The third-order valence-electron chi connectivity index (χ3n) is 4.87. The fourth-order valence-electron chi connectivity index (χ4n) is 3.50. The van der Waals surface area contributed by atoms with Gasteiger partial charge in [0.1, 0.15) is 5.69 Å². The van der Waals surface area contributed by atoms with Crippen LogP contribution in [0.3, 0.4) is 0 Å². The quantitative estimate of drug-likeness (QED) is 0.698. The Labute approximate surface area is 155 Å². The summed E-state index contributed by atoms with van der Waals surface area (Å²) in [4.78, 5) is 30.6. The monoisotopic (exact) mass is 365 g/mol. The third kappa shape index (κ3) is 3.25. The van der Waals surface area contributed by atoms with Crippen LogP contribution in [0.15, 0.2) is 51.8 Å². The molecule has 1 saturated heterocycles. The molecular formula is C19H19N5O3. The van der Waals surface area contributed by atoms with Crippen LogP contribution in [0.2, 0.25) is 0 Å². The van der Waals surface area contributed by atoms with Gasteiger partial charge in [-0.15, -0.1) is 0 Å². The second-order valence-corrected chi connectivity index (χ2v) is 6.69. The maximum atomic E-state index is 13.0. The van der Waals surface area contributed by atoms with E-state index in [4.69, 9.17) is 4.52 Å². The Morgan fingerprint density at radius 1 is 1.11 bits per heavy atom. The summed E-state index contributed by atoms with van der Waals surface area (Å²) in [5.41, 5.74) is 1.10. The van der Waals surface area contributed by atoms with Gasteiger partial charge in [0.25, 0.3) is 11.5 Å². The molecule has 0 bridgehead atoms. The van der Waals surface area contributed by atoms with Crippen molar-refractivity contribution in [3.05, 3.63) is 75.8 Å². The number of hydrogen-bond donors (Lipinski definition) is 0. The fourth-order valence-corrected chi connectivity index (χ4v) is 3.50. The van der Waals surface area contributed by atoms with Crippen molar-refractivity contribution in [3.63, 3.8) is 0 Å². The van der Waals surface area contributed by atoms with Crippen LogP contribution in [-0.4, -0.2) is 43.8 Å². The SMILES string of the molecule is Cc1noc([C@@H]2CN(C(=O)c3ccc(=O)n(C)n3)C[C@H]2c2ccccc2)n1. The molecule has 0 saturated carbocycles. The zero-order valence-corrected chi connectivity index (χ0v) is 15.1. The molecule has 1 amide bonds. The first kappa shape index (κ1) is 17.1. The minimum absolute atomic E-state index is 0.0440. The third-order valence-corrected chi connectivity index (χ3v) is 4.87. The standard InChI is InChI=1S/C19H19N5O3/c1-12-20-18(27-22-12)15-11-24(10-14(15)13-6-4-3-5-7-13)19(26)16-8-9-17(25)23(2)21-16/h3-9,14-15H,10-11H2,1-2H3/t14-,15+/m0/s1. The normalized spacial score (nSPS) is 19.4. The molecule has 0 aliphatic carbocycles. The smallest absolute Gasteiger partial charge is 0.274 e. The molecule has 1 fully saturated rings. The Hall–Kier alpha value is -3.29. The first-order chi connectivity index (χ1) is 13.0.